The van der Waals surface area contributed by atoms with Crippen LogP contribution in [-0.2, 0) is 0 Å². The van der Waals surface area contributed by atoms with Crippen LogP contribution in [0.25, 0.3) is 0 Å². The highest BCUT2D eigenvalue weighted by Crippen LogP contribution is 2.31. The minimum absolute atomic E-state index is 0.697. The van der Waals surface area contributed by atoms with Crippen LogP contribution in [0, 0.1) is 0 Å². The number of hydrogen-bond donors (Lipinski definition) is 1. The molecule has 0 aromatic heterocycles. The van der Waals surface area contributed by atoms with Gasteiger partial charge in [0.05, 0.1) is 19.9 Å². The summed E-state index contributed by atoms with van der Waals surface area (Å²) in [6, 6.07) is 5.80. The van der Waals surface area contributed by atoms with Gasteiger partial charge in [-0.3, -0.25) is 0 Å². The molecular weight excluding hydrogens is 204 g/mol. The van der Waals surface area contributed by atoms with Gasteiger partial charge in [-0.15, -0.1) is 0 Å². The van der Waals surface area contributed by atoms with E-state index in [0.717, 1.165) is 30.2 Å². The van der Waals surface area contributed by atoms with Crippen molar-refractivity contribution in [3.05, 3.63) is 18.2 Å². The lowest BCUT2D eigenvalue weighted by Crippen LogP contribution is -2.21. The lowest BCUT2D eigenvalue weighted by Gasteiger charge is -2.21. The van der Waals surface area contributed by atoms with Crippen LogP contribution in [0.3, 0.4) is 0 Å². The summed E-state index contributed by atoms with van der Waals surface area (Å²) in [6.07, 6.45) is 0.964. The third-order valence-electron chi connectivity index (χ3n) is 2.50. The molecule has 0 radical (unpaired) electrons. The largest absolute Gasteiger partial charge is 0.497 e. The summed E-state index contributed by atoms with van der Waals surface area (Å²) in [5, 5.41) is 0. The van der Waals surface area contributed by atoms with Crippen molar-refractivity contribution >= 4 is 5.69 Å². The fraction of sp³-hybridized carbons (Fsp3) is 0.500. The molecule has 0 saturated heterocycles. The first-order valence-electron chi connectivity index (χ1n) is 5.36. The van der Waals surface area contributed by atoms with Crippen molar-refractivity contribution in [3.8, 4) is 11.5 Å². The number of benzene rings is 1. The molecule has 4 nitrogen and oxygen atoms in total. The standard InChI is InChI=1S/C12H20N2O2/c1-14(8-4-7-13)11-6-5-10(15-2)9-12(11)16-3/h5-6,9H,4,7-8,13H2,1-3H3. The number of nitrogens with two attached hydrogens (primary N) is 1. The van der Waals surface area contributed by atoms with E-state index in [1.165, 1.54) is 0 Å². The molecule has 0 atom stereocenters. The van der Waals surface area contributed by atoms with Crippen LogP contribution in [0.5, 0.6) is 11.5 Å². The molecule has 4 heteroatoms. The van der Waals surface area contributed by atoms with Gasteiger partial charge in [-0.05, 0) is 25.1 Å². The molecule has 90 valence electrons. The van der Waals surface area contributed by atoms with Crippen molar-refractivity contribution in [3.63, 3.8) is 0 Å². The maximum absolute atomic E-state index is 5.49. The van der Waals surface area contributed by atoms with Crippen LogP contribution in [0.2, 0.25) is 0 Å². The zero-order valence-electron chi connectivity index (χ0n) is 10.2. The van der Waals surface area contributed by atoms with Crippen molar-refractivity contribution in [2.24, 2.45) is 5.73 Å². The number of rotatable bonds is 6. The van der Waals surface area contributed by atoms with Crippen molar-refractivity contribution in [2.45, 2.75) is 6.42 Å². The zero-order valence-corrected chi connectivity index (χ0v) is 10.2. The van der Waals surface area contributed by atoms with E-state index in [4.69, 9.17) is 15.2 Å². The van der Waals surface area contributed by atoms with Gasteiger partial charge in [0.1, 0.15) is 11.5 Å². The molecule has 0 aliphatic heterocycles. The van der Waals surface area contributed by atoms with E-state index in [-0.39, 0.29) is 0 Å². The Labute approximate surface area is 96.9 Å². The SMILES string of the molecule is COc1ccc(N(C)CCCN)c(OC)c1. The van der Waals surface area contributed by atoms with Gasteiger partial charge in [0.15, 0.2) is 0 Å². The average molecular weight is 224 g/mol. The Morgan fingerprint density at radius 2 is 2.00 bits per heavy atom. The van der Waals surface area contributed by atoms with Crippen LogP contribution >= 0.6 is 0 Å². The minimum Gasteiger partial charge on any atom is -0.497 e. The Morgan fingerprint density at radius 3 is 2.56 bits per heavy atom. The molecule has 1 aromatic carbocycles. The molecule has 0 aliphatic carbocycles. The van der Waals surface area contributed by atoms with Gasteiger partial charge in [-0.1, -0.05) is 0 Å². The van der Waals surface area contributed by atoms with Gasteiger partial charge in [0.2, 0.25) is 0 Å². The maximum Gasteiger partial charge on any atom is 0.145 e. The summed E-state index contributed by atoms with van der Waals surface area (Å²) in [7, 11) is 5.33. The number of anilines is 1. The summed E-state index contributed by atoms with van der Waals surface area (Å²) >= 11 is 0. The van der Waals surface area contributed by atoms with Gasteiger partial charge < -0.3 is 20.1 Å². The maximum atomic E-state index is 5.49. The Balaban J connectivity index is 2.85. The zero-order chi connectivity index (χ0) is 12.0. The number of hydrogen-bond acceptors (Lipinski definition) is 4. The molecule has 2 N–H and O–H groups in total. The summed E-state index contributed by atoms with van der Waals surface area (Å²) in [5.74, 6) is 1.62. The monoisotopic (exact) mass is 224 g/mol. The van der Waals surface area contributed by atoms with Crippen LogP contribution in [0.4, 0.5) is 5.69 Å². The predicted octanol–water partition coefficient (Wildman–Crippen LogP) is 1.49. The second-order valence-corrected chi connectivity index (χ2v) is 3.60. The Bertz CT molecular complexity index is 329. The van der Waals surface area contributed by atoms with Gasteiger partial charge in [0.25, 0.3) is 0 Å². The minimum atomic E-state index is 0.697. The smallest absolute Gasteiger partial charge is 0.145 e. The molecule has 0 bridgehead atoms. The Kier molecular flexibility index (Phi) is 4.92. The highest BCUT2D eigenvalue weighted by atomic mass is 16.5. The first-order valence-corrected chi connectivity index (χ1v) is 5.36. The van der Waals surface area contributed by atoms with E-state index in [0.29, 0.717) is 6.54 Å². The lowest BCUT2D eigenvalue weighted by atomic mass is 10.2. The van der Waals surface area contributed by atoms with E-state index in [1.807, 2.05) is 25.2 Å². The number of methoxy groups -OCH3 is 2. The van der Waals surface area contributed by atoms with Crippen LogP contribution in [-0.4, -0.2) is 34.4 Å². The first kappa shape index (κ1) is 12.6. The molecule has 0 saturated carbocycles. The number of ether oxygens (including phenoxy) is 2. The fourth-order valence-corrected chi connectivity index (χ4v) is 1.55. The van der Waals surface area contributed by atoms with Crippen molar-refractivity contribution < 1.29 is 9.47 Å². The van der Waals surface area contributed by atoms with E-state index >= 15 is 0 Å². The van der Waals surface area contributed by atoms with Gasteiger partial charge >= 0.3 is 0 Å². The second kappa shape index (κ2) is 6.23. The first-order chi connectivity index (χ1) is 7.72. The third-order valence-corrected chi connectivity index (χ3v) is 2.50. The second-order valence-electron chi connectivity index (χ2n) is 3.60. The number of nitrogens with zero attached hydrogens (tertiary/aromatic N) is 1. The normalized spacial score (nSPS) is 10.0. The summed E-state index contributed by atoms with van der Waals surface area (Å²) in [6.45, 7) is 1.61. The molecule has 16 heavy (non-hydrogen) atoms. The van der Waals surface area contributed by atoms with Gasteiger partial charge in [-0.2, -0.15) is 0 Å². The molecule has 0 aliphatic rings. The average Bonchev–Trinajstić information content (AvgIpc) is 2.34. The molecule has 0 unspecified atom stereocenters. The van der Waals surface area contributed by atoms with E-state index in [9.17, 15) is 0 Å². The lowest BCUT2D eigenvalue weighted by molar-refractivity contribution is 0.394. The van der Waals surface area contributed by atoms with Crippen molar-refractivity contribution in [2.75, 3.05) is 39.3 Å². The van der Waals surface area contributed by atoms with Gasteiger partial charge in [0, 0.05) is 19.7 Å². The molecule has 0 heterocycles. The molecule has 0 amide bonds. The van der Waals surface area contributed by atoms with Crippen molar-refractivity contribution in [1.82, 2.24) is 0 Å². The summed E-state index contributed by atoms with van der Waals surface area (Å²) < 4.78 is 10.5. The molecule has 1 aromatic rings. The highest BCUT2D eigenvalue weighted by molar-refractivity contribution is 5.60. The van der Waals surface area contributed by atoms with Crippen LogP contribution in [0.15, 0.2) is 18.2 Å². The van der Waals surface area contributed by atoms with E-state index < -0.39 is 0 Å². The Hall–Kier alpha value is -1.42. The highest BCUT2D eigenvalue weighted by Gasteiger charge is 2.08. The van der Waals surface area contributed by atoms with Crippen LogP contribution < -0.4 is 20.1 Å². The predicted molar refractivity (Wildman–Crippen MR) is 66.5 cm³/mol. The van der Waals surface area contributed by atoms with Crippen molar-refractivity contribution in [1.29, 1.82) is 0 Å². The van der Waals surface area contributed by atoms with E-state index in [2.05, 4.69) is 4.90 Å². The molecule has 1 rings (SSSR count). The third kappa shape index (κ3) is 3.03. The van der Waals surface area contributed by atoms with E-state index in [1.54, 1.807) is 14.2 Å². The quantitative estimate of drug-likeness (QED) is 0.795. The summed E-state index contributed by atoms with van der Waals surface area (Å²) in [5.41, 5.74) is 6.55. The van der Waals surface area contributed by atoms with Crippen LogP contribution in [0.1, 0.15) is 6.42 Å². The van der Waals surface area contributed by atoms with Gasteiger partial charge in [-0.25, -0.2) is 0 Å². The Morgan fingerprint density at radius 1 is 1.25 bits per heavy atom. The molecule has 0 fully saturated rings. The molecule has 0 spiro atoms. The topological polar surface area (TPSA) is 47.7 Å². The molecular formula is C12H20N2O2. The summed E-state index contributed by atoms with van der Waals surface area (Å²) in [4.78, 5) is 2.13. The fourth-order valence-electron chi connectivity index (χ4n) is 1.55.